The van der Waals surface area contributed by atoms with Crippen molar-refractivity contribution in [2.75, 3.05) is 6.54 Å². The Balaban J connectivity index is 2.52. The second kappa shape index (κ2) is 6.09. The van der Waals surface area contributed by atoms with Gasteiger partial charge < -0.3 is 5.32 Å². The van der Waals surface area contributed by atoms with Gasteiger partial charge in [0.1, 0.15) is 0 Å². The quantitative estimate of drug-likeness (QED) is 0.493. The number of aldehydes is 1. The number of carbonyl (C=O) groups is 2. The summed E-state index contributed by atoms with van der Waals surface area (Å²) in [6.07, 6.45) is 1.45. The molecule has 3 nitrogen and oxygen atoms in total. The smallest absolute Gasteiger partial charge is 0.216 e. The minimum absolute atomic E-state index is 0.0441. The van der Waals surface area contributed by atoms with E-state index in [4.69, 9.17) is 0 Å². The zero-order chi connectivity index (χ0) is 12.0. The minimum atomic E-state index is -0.0441. The van der Waals surface area contributed by atoms with Gasteiger partial charge in [0.2, 0.25) is 5.91 Å². The van der Waals surface area contributed by atoms with Crippen LogP contribution in [-0.2, 0) is 4.79 Å². The number of carbonyl (C=O) groups excluding carboxylic acids is 2. The summed E-state index contributed by atoms with van der Waals surface area (Å²) in [5.74, 6) is 5.92. The fourth-order valence-electron chi connectivity index (χ4n) is 1.13. The molecular formula is C12H13NO2S. The number of thiophene rings is 1. The van der Waals surface area contributed by atoms with Crippen LogP contribution >= 0.6 is 11.3 Å². The van der Waals surface area contributed by atoms with Crippen molar-refractivity contribution in [2.24, 2.45) is 0 Å². The Morgan fingerprint density at radius 2 is 2.38 bits per heavy atom. The van der Waals surface area contributed by atoms with E-state index in [1.807, 2.05) is 13.0 Å². The maximum atomic E-state index is 10.6. The van der Waals surface area contributed by atoms with Gasteiger partial charge >= 0.3 is 0 Å². The number of aryl methyl sites for hydroxylation is 1. The molecule has 0 aliphatic rings. The van der Waals surface area contributed by atoms with E-state index in [0.717, 1.165) is 16.7 Å². The summed E-state index contributed by atoms with van der Waals surface area (Å²) >= 11 is 1.39. The van der Waals surface area contributed by atoms with Crippen LogP contribution in [0.1, 0.15) is 33.5 Å². The van der Waals surface area contributed by atoms with Gasteiger partial charge in [-0.15, -0.1) is 11.3 Å². The lowest BCUT2D eigenvalue weighted by atomic mass is 10.2. The average Bonchev–Trinajstić information content (AvgIpc) is 2.59. The van der Waals surface area contributed by atoms with Gasteiger partial charge in [0.15, 0.2) is 6.29 Å². The number of hydrogen-bond acceptors (Lipinski definition) is 3. The Labute approximate surface area is 98.9 Å². The Morgan fingerprint density at radius 3 is 2.94 bits per heavy atom. The molecule has 0 saturated heterocycles. The zero-order valence-corrected chi connectivity index (χ0v) is 10.1. The van der Waals surface area contributed by atoms with E-state index in [1.165, 1.54) is 18.3 Å². The molecule has 0 atom stereocenters. The van der Waals surface area contributed by atoms with Crippen LogP contribution in [0.25, 0.3) is 0 Å². The summed E-state index contributed by atoms with van der Waals surface area (Å²) in [6, 6.07) is 1.83. The molecule has 1 rings (SSSR count). The van der Waals surface area contributed by atoms with Crippen molar-refractivity contribution in [3.63, 3.8) is 0 Å². The first-order valence-electron chi connectivity index (χ1n) is 4.92. The third kappa shape index (κ3) is 3.87. The lowest BCUT2D eigenvalue weighted by Gasteiger charge is -1.94. The topological polar surface area (TPSA) is 46.2 Å². The number of nitrogens with one attached hydrogen (secondary N) is 1. The summed E-state index contributed by atoms with van der Waals surface area (Å²) in [4.78, 5) is 22.7. The van der Waals surface area contributed by atoms with Crippen LogP contribution in [0.3, 0.4) is 0 Å². The SMILES string of the molecule is CC(=O)NCCC#Cc1sc(C=O)cc1C. The molecule has 0 fully saturated rings. The van der Waals surface area contributed by atoms with Crippen molar-refractivity contribution in [1.29, 1.82) is 0 Å². The Morgan fingerprint density at radius 1 is 1.62 bits per heavy atom. The maximum Gasteiger partial charge on any atom is 0.216 e. The van der Waals surface area contributed by atoms with Gasteiger partial charge in [-0.2, -0.15) is 0 Å². The van der Waals surface area contributed by atoms with E-state index in [2.05, 4.69) is 17.2 Å². The lowest BCUT2D eigenvalue weighted by Crippen LogP contribution is -2.20. The van der Waals surface area contributed by atoms with Crippen molar-refractivity contribution in [1.82, 2.24) is 5.32 Å². The van der Waals surface area contributed by atoms with Gasteiger partial charge in [-0.25, -0.2) is 0 Å². The molecule has 4 heteroatoms. The van der Waals surface area contributed by atoms with E-state index in [1.54, 1.807) is 0 Å². The fourth-order valence-corrected chi connectivity index (χ4v) is 2.00. The molecule has 0 spiro atoms. The average molecular weight is 235 g/mol. The first kappa shape index (κ1) is 12.5. The van der Waals surface area contributed by atoms with Crippen LogP contribution in [0.15, 0.2) is 6.07 Å². The van der Waals surface area contributed by atoms with Gasteiger partial charge in [0, 0.05) is 19.9 Å². The highest BCUT2D eigenvalue weighted by Crippen LogP contribution is 2.18. The van der Waals surface area contributed by atoms with E-state index in [0.29, 0.717) is 17.8 Å². The summed E-state index contributed by atoms with van der Waals surface area (Å²) < 4.78 is 0. The van der Waals surface area contributed by atoms with Crippen LogP contribution in [0, 0.1) is 18.8 Å². The van der Waals surface area contributed by atoms with E-state index in [9.17, 15) is 9.59 Å². The highest BCUT2D eigenvalue weighted by Gasteiger charge is 2.01. The summed E-state index contributed by atoms with van der Waals surface area (Å²) in [6.45, 7) is 3.97. The van der Waals surface area contributed by atoms with Crippen molar-refractivity contribution in [3.8, 4) is 11.8 Å². The summed E-state index contributed by atoms with van der Waals surface area (Å²) in [7, 11) is 0. The second-order valence-corrected chi connectivity index (χ2v) is 4.40. The summed E-state index contributed by atoms with van der Waals surface area (Å²) in [5, 5.41) is 2.67. The standard InChI is InChI=1S/C12H13NO2S/c1-9-7-11(8-14)16-12(9)5-3-4-6-13-10(2)15/h7-8H,4,6H2,1-2H3,(H,13,15). The highest BCUT2D eigenvalue weighted by atomic mass is 32.1. The second-order valence-electron chi connectivity index (χ2n) is 3.31. The van der Waals surface area contributed by atoms with Gasteiger partial charge in [-0.05, 0) is 18.6 Å². The van der Waals surface area contributed by atoms with Gasteiger partial charge in [0.25, 0.3) is 0 Å². The number of hydrogen-bond donors (Lipinski definition) is 1. The maximum absolute atomic E-state index is 10.6. The molecule has 0 bridgehead atoms. The first-order chi connectivity index (χ1) is 7.63. The minimum Gasteiger partial charge on any atom is -0.355 e. The van der Waals surface area contributed by atoms with Crippen LogP contribution in [-0.4, -0.2) is 18.7 Å². The molecule has 0 aromatic carbocycles. The highest BCUT2D eigenvalue weighted by molar-refractivity contribution is 7.14. The summed E-state index contributed by atoms with van der Waals surface area (Å²) in [5.41, 5.74) is 1.03. The van der Waals surface area contributed by atoms with E-state index >= 15 is 0 Å². The molecule has 1 amide bonds. The van der Waals surface area contributed by atoms with Gasteiger partial charge in [0.05, 0.1) is 9.75 Å². The largest absolute Gasteiger partial charge is 0.355 e. The number of rotatable bonds is 3. The van der Waals surface area contributed by atoms with Crippen LogP contribution in [0.2, 0.25) is 0 Å². The molecular weight excluding hydrogens is 222 g/mol. The molecule has 1 heterocycles. The van der Waals surface area contributed by atoms with E-state index < -0.39 is 0 Å². The van der Waals surface area contributed by atoms with Crippen LogP contribution in [0.4, 0.5) is 0 Å². The fraction of sp³-hybridized carbons (Fsp3) is 0.333. The normalized spacial score (nSPS) is 9.12. The molecule has 16 heavy (non-hydrogen) atoms. The molecule has 1 aromatic rings. The van der Waals surface area contributed by atoms with Gasteiger partial charge in [-0.3, -0.25) is 9.59 Å². The predicted octanol–water partition coefficient (Wildman–Crippen LogP) is 1.75. The van der Waals surface area contributed by atoms with Crippen LogP contribution < -0.4 is 5.32 Å². The first-order valence-corrected chi connectivity index (χ1v) is 5.74. The third-order valence-electron chi connectivity index (χ3n) is 1.88. The Kier molecular flexibility index (Phi) is 4.74. The molecule has 0 aliphatic heterocycles. The van der Waals surface area contributed by atoms with Crippen molar-refractivity contribution in [2.45, 2.75) is 20.3 Å². The Bertz CT molecular complexity index is 451. The molecule has 1 N–H and O–H groups in total. The lowest BCUT2D eigenvalue weighted by molar-refractivity contribution is -0.118. The van der Waals surface area contributed by atoms with Crippen molar-refractivity contribution in [3.05, 3.63) is 21.4 Å². The Hall–Kier alpha value is -1.60. The molecule has 1 aromatic heterocycles. The molecule has 0 radical (unpaired) electrons. The molecule has 0 aliphatic carbocycles. The third-order valence-corrected chi connectivity index (χ3v) is 2.96. The van der Waals surface area contributed by atoms with Gasteiger partial charge in [-0.1, -0.05) is 11.8 Å². The van der Waals surface area contributed by atoms with Crippen molar-refractivity contribution >= 4 is 23.5 Å². The zero-order valence-electron chi connectivity index (χ0n) is 9.29. The molecule has 84 valence electrons. The molecule has 0 unspecified atom stereocenters. The predicted molar refractivity (Wildman–Crippen MR) is 64.6 cm³/mol. The van der Waals surface area contributed by atoms with Crippen LogP contribution in [0.5, 0.6) is 0 Å². The van der Waals surface area contributed by atoms with Crippen molar-refractivity contribution < 1.29 is 9.59 Å². The number of amides is 1. The van der Waals surface area contributed by atoms with E-state index in [-0.39, 0.29) is 5.91 Å². The molecule has 0 saturated carbocycles. The monoisotopic (exact) mass is 235 g/mol.